The van der Waals surface area contributed by atoms with Crippen molar-refractivity contribution in [3.05, 3.63) is 113 Å². The lowest BCUT2D eigenvalue weighted by atomic mass is 9.81. The minimum absolute atomic E-state index is 0.244. The first kappa shape index (κ1) is 28.5. The van der Waals surface area contributed by atoms with Crippen molar-refractivity contribution in [1.82, 2.24) is 15.1 Å². The number of amides is 2. The highest BCUT2D eigenvalue weighted by molar-refractivity contribution is 6.07. The number of rotatable bonds is 6. The summed E-state index contributed by atoms with van der Waals surface area (Å²) < 4.78 is 60.3. The molecule has 2 amide bonds. The van der Waals surface area contributed by atoms with Gasteiger partial charge in [0.15, 0.2) is 0 Å². The molecule has 0 radical (unpaired) electrons. The molecule has 0 aliphatic carbocycles. The molecule has 0 bridgehead atoms. The molecule has 216 valence electrons. The normalized spacial score (nSPS) is 16.6. The highest BCUT2D eigenvalue weighted by Crippen LogP contribution is 2.43. The van der Waals surface area contributed by atoms with Crippen molar-refractivity contribution in [2.75, 3.05) is 18.6 Å². The molecule has 1 N–H and O–H groups in total. The summed E-state index contributed by atoms with van der Waals surface area (Å²) in [4.78, 5) is 41.1. The lowest BCUT2D eigenvalue weighted by molar-refractivity contribution is -0.140. The number of nitrogens with one attached hydrogen (secondary N) is 1. The molecular weight excluding hydrogens is 556 g/mol. The average Bonchev–Trinajstić information content (AvgIpc) is 3.32. The highest BCUT2D eigenvalue weighted by Gasteiger charge is 2.46. The second-order valence-corrected chi connectivity index (χ2v) is 9.63. The van der Waals surface area contributed by atoms with Crippen LogP contribution in [0.3, 0.4) is 0 Å². The number of fused-ring (bicyclic) bond motifs is 1. The second kappa shape index (κ2) is 11.1. The number of ether oxygens (including phenoxy) is 1. The summed E-state index contributed by atoms with van der Waals surface area (Å²) in [5.74, 6) is -3.66. The smallest absolute Gasteiger partial charge is 0.416 e. The minimum atomic E-state index is -4.69. The third-order valence-corrected chi connectivity index (χ3v) is 7.00. The first-order valence-corrected chi connectivity index (χ1v) is 12.8. The molecule has 0 saturated heterocycles. The monoisotopic (exact) mass is 580 g/mol. The van der Waals surface area contributed by atoms with Crippen LogP contribution in [-0.4, -0.2) is 47.3 Å². The summed E-state index contributed by atoms with van der Waals surface area (Å²) in [6.07, 6.45) is -4.69. The van der Waals surface area contributed by atoms with Crippen molar-refractivity contribution in [1.29, 1.82) is 0 Å². The molecule has 0 fully saturated rings. The van der Waals surface area contributed by atoms with Crippen LogP contribution in [0.15, 0.2) is 78.9 Å². The maximum absolute atomic E-state index is 14.2. The third-order valence-electron chi connectivity index (χ3n) is 7.00. The molecule has 2 unspecified atom stereocenters. The van der Waals surface area contributed by atoms with E-state index in [9.17, 15) is 31.9 Å². The van der Waals surface area contributed by atoms with Crippen molar-refractivity contribution in [3.8, 4) is 5.69 Å². The Hall–Kier alpha value is -5.00. The predicted molar refractivity (Wildman–Crippen MR) is 144 cm³/mol. The molecule has 1 aromatic heterocycles. The first-order valence-electron chi connectivity index (χ1n) is 12.8. The maximum atomic E-state index is 14.2. The second-order valence-electron chi connectivity index (χ2n) is 9.63. The summed E-state index contributed by atoms with van der Waals surface area (Å²) >= 11 is 0. The van der Waals surface area contributed by atoms with E-state index in [0.717, 1.165) is 24.1 Å². The van der Waals surface area contributed by atoms with E-state index in [1.807, 2.05) is 0 Å². The van der Waals surface area contributed by atoms with E-state index in [0.29, 0.717) is 28.6 Å². The summed E-state index contributed by atoms with van der Waals surface area (Å²) in [6.45, 7) is 1.15. The Labute approximate surface area is 237 Å². The van der Waals surface area contributed by atoms with Gasteiger partial charge in [-0.25, -0.2) is 9.07 Å². The number of aromatic nitrogens is 2. The Balaban J connectivity index is 1.68. The number of halogens is 4. The molecule has 2 atom stereocenters. The van der Waals surface area contributed by atoms with Gasteiger partial charge in [0.1, 0.15) is 24.2 Å². The quantitative estimate of drug-likeness (QED) is 0.262. The van der Waals surface area contributed by atoms with Gasteiger partial charge < -0.3 is 10.1 Å². The number of nitrogens with zero attached hydrogens (tertiary/aromatic N) is 3. The van der Waals surface area contributed by atoms with Crippen LogP contribution in [0.5, 0.6) is 0 Å². The van der Waals surface area contributed by atoms with E-state index in [2.05, 4.69) is 10.4 Å². The molecule has 8 nitrogen and oxygen atoms in total. The van der Waals surface area contributed by atoms with Crippen LogP contribution in [0, 0.1) is 12.7 Å². The van der Waals surface area contributed by atoms with Crippen LogP contribution in [0.4, 0.5) is 23.4 Å². The fraction of sp³-hybridized carbons (Fsp3) is 0.200. The van der Waals surface area contributed by atoms with Gasteiger partial charge in [0, 0.05) is 17.0 Å². The average molecular weight is 581 g/mol. The first-order chi connectivity index (χ1) is 20.0. The number of aryl methyl sites for hydroxylation is 1. The van der Waals surface area contributed by atoms with Gasteiger partial charge in [-0.2, -0.15) is 18.3 Å². The summed E-state index contributed by atoms with van der Waals surface area (Å²) in [6, 6.07) is 16.5. The number of hydrogen-bond acceptors (Lipinski definition) is 5. The molecule has 3 aromatic carbocycles. The van der Waals surface area contributed by atoms with E-state index in [-0.39, 0.29) is 11.4 Å². The van der Waals surface area contributed by atoms with E-state index in [1.165, 1.54) is 35.0 Å². The van der Waals surface area contributed by atoms with Gasteiger partial charge in [-0.1, -0.05) is 36.4 Å². The Morgan fingerprint density at radius 1 is 1.00 bits per heavy atom. The Morgan fingerprint density at radius 2 is 1.69 bits per heavy atom. The molecule has 0 saturated carbocycles. The van der Waals surface area contributed by atoms with E-state index < -0.39 is 53.8 Å². The molecule has 2 heterocycles. The Bertz CT molecular complexity index is 1650. The van der Waals surface area contributed by atoms with Crippen LogP contribution in [0.2, 0.25) is 0 Å². The number of anilines is 1. The van der Waals surface area contributed by atoms with Gasteiger partial charge in [0.25, 0.3) is 11.8 Å². The zero-order valence-corrected chi connectivity index (χ0v) is 22.4. The minimum Gasteiger partial charge on any atom is -0.468 e. The van der Waals surface area contributed by atoms with Crippen LogP contribution >= 0.6 is 0 Å². The third kappa shape index (κ3) is 5.35. The predicted octanol–water partition coefficient (Wildman–Crippen LogP) is 4.79. The summed E-state index contributed by atoms with van der Waals surface area (Å²) in [7, 11) is 1.16. The number of carbonyl (C=O) groups excluding carboxylic acids is 3. The van der Waals surface area contributed by atoms with Crippen LogP contribution in [-0.2, 0) is 20.5 Å². The van der Waals surface area contributed by atoms with Crippen LogP contribution in [0.25, 0.3) is 5.69 Å². The topological polar surface area (TPSA) is 93.5 Å². The SMILES string of the molecule is COC(=O)CN1C(=O)C(NC(=O)c2cccc(C(F)(F)F)c2)C(c2ccc(F)cc2)c2c(C)nn(-c3ccccc3)c21. The van der Waals surface area contributed by atoms with Crippen LogP contribution < -0.4 is 10.2 Å². The Kier molecular flexibility index (Phi) is 7.55. The fourth-order valence-corrected chi connectivity index (χ4v) is 5.06. The van der Waals surface area contributed by atoms with Gasteiger partial charge in [0.2, 0.25) is 0 Å². The number of esters is 1. The molecule has 4 aromatic rings. The number of para-hydroxylation sites is 1. The van der Waals surface area contributed by atoms with Crippen molar-refractivity contribution in [2.45, 2.75) is 25.1 Å². The highest BCUT2D eigenvalue weighted by atomic mass is 19.4. The molecular formula is C30H24F4N4O4. The molecule has 12 heteroatoms. The molecule has 5 rings (SSSR count). The maximum Gasteiger partial charge on any atom is 0.416 e. The summed E-state index contributed by atoms with van der Waals surface area (Å²) in [5.41, 5.74) is 0.571. The zero-order chi connectivity index (χ0) is 30.2. The van der Waals surface area contributed by atoms with E-state index in [1.54, 1.807) is 37.3 Å². The van der Waals surface area contributed by atoms with Gasteiger partial charge >= 0.3 is 12.1 Å². The zero-order valence-electron chi connectivity index (χ0n) is 22.4. The molecule has 1 aliphatic heterocycles. The van der Waals surface area contributed by atoms with E-state index >= 15 is 0 Å². The van der Waals surface area contributed by atoms with Gasteiger partial charge in [-0.3, -0.25) is 19.3 Å². The molecule has 0 spiro atoms. The summed E-state index contributed by atoms with van der Waals surface area (Å²) in [5, 5.41) is 7.23. The van der Waals surface area contributed by atoms with Crippen molar-refractivity contribution < 1.29 is 36.7 Å². The number of benzene rings is 3. The Morgan fingerprint density at radius 3 is 2.33 bits per heavy atom. The van der Waals surface area contributed by atoms with Gasteiger partial charge in [0.05, 0.1) is 24.1 Å². The van der Waals surface area contributed by atoms with Gasteiger partial charge in [-0.05, 0) is 55.0 Å². The number of hydrogen-bond donors (Lipinski definition) is 1. The molecule has 42 heavy (non-hydrogen) atoms. The van der Waals surface area contributed by atoms with Crippen LogP contribution in [0.1, 0.15) is 38.7 Å². The number of methoxy groups -OCH3 is 1. The lowest BCUT2D eigenvalue weighted by Crippen LogP contribution is -2.56. The van der Waals surface area contributed by atoms with Crippen molar-refractivity contribution in [2.24, 2.45) is 0 Å². The van der Waals surface area contributed by atoms with Crippen molar-refractivity contribution >= 4 is 23.6 Å². The van der Waals surface area contributed by atoms with E-state index in [4.69, 9.17) is 4.74 Å². The largest absolute Gasteiger partial charge is 0.468 e. The lowest BCUT2D eigenvalue weighted by Gasteiger charge is -2.38. The molecule has 1 aliphatic rings. The number of carbonyl (C=O) groups is 3. The van der Waals surface area contributed by atoms with Crippen molar-refractivity contribution in [3.63, 3.8) is 0 Å². The fourth-order valence-electron chi connectivity index (χ4n) is 5.06. The van der Waals surface area contributed by atoms with Gasteiger partial charge in [-0.15, -0.1) is 0 Å². The standard InChI is InChI=1S/C30H24F4N4O4/c1-17-24-25(18-11-13-21(31)14-12-18)26(35-27(40)19-7-6-8-20(15-19)30(32,33)34)29(41)37(16-23(39)42-2)28(24)38(36-17)22-9-4-3-5-10-22/h3-15,25-26H,16H2,1-2H3,(H,35,40). The number of alkyl halides is 3.